The van der Waals surface area contributed by atoms with Crippen molar-refractivity contribution in [1.29, 1.82) is 0 Å². The van der Waals surface area contributed by atoms with Crippen molar-refractivity contribution >= 4 is 12.5 Å². The summed E-state index contributed by atoms with van der Waals surface area (Å²) in [5.74, 6) is 0. The molecule has 0 aromatic carbocycles. The molecule has 0 fully saturated rings. The first-order chi connectivity index (χ1) is 4.12. The van der Waals surface area contributed by atoms with Crippen molar-refractivity contribution in [3.63, 3.8) is 0 Å². The summed E-state index contributed by atoms with van der Waals surface area (Å²) < 4.78 is 0. The number of rotatable bonds is 3. The summed E-state index contributed by atoms with van der Waals surface area (Å²) in [4.78, 5) is 13.8. The highest BCUT2D eigenvalue weighted by Crippen LogP contribution is 2.11. The van der Waals surface area contributed by atoms with Crippen LogP contribution in [0.4, 0.5) is 0 Å². The van der Waals surface area contributed by atoms with Gasteiger partial charge in [-0.05, 0) is 20.3 Å². The second-order valence-corrected chi connectivity index (χ2v) is 2.58. The largest absolute Gasteiger partial charge is 0.297 e. The number of aldehydes is 1. The SMILES string of the molecule is CCC(C)(C)N=CC=O. The molecule has 0 N–H and O–H groups in total. The van der Waals surface area contributed by atoms with E-state index in [1.807, 2.05) is 20.8 Å². The molecule has 0 radical (unpaired) electrons. The molecule has 0 amide bonds. The van der Waals surface area contributed by atoms with Gasteiger partial charge in [-0.3, -0.25) is 9.79 Å². The van der Waals surface area contributed by atoms with E-state index in [1.54, 1.807) is 0 Å². The maximum Gasteiger partial charge on any atom is 0.160 e. The highest BCUT2D eigenvalue weighted by atomic mass is 16.1. The van der Waals surface area contributed by atoms with Gasteiger partial charge in [-0.25, -0.2) is 0 Å². The molecule has 0 atom stereocenters. The summed E-state index contributed by atoms with van der Waals surface area (Å²) >= 11 is 0. The van der Waals surface area contributed by atoms with Crippen LogP contribution >= 0.6 is 0 Å². The van der Waals surface area contributed by atoms with Crippen LogP contribution < -0.4 is 0 Å². The third kappa shape index (κ3) is 3.88. The first kappa shape index (κ1) is 8.34. The van der Waals surface area contributed by atoms with Crippen molar-refractivity contribution < 1.29 is 4.79 Å². The van der Waals surface area contributed by atoms with Crippen molar-refractivity contribution in [2.75, 3.05) is 0 Å². The predicted molar refractivity (Wildman–Crippen MR) is 38.9 cm³/mol. The molecule has 0 spiro atoms. The van der Waals surface area contributed by atoms with Crippen LogP contribution in [0, 0.1) is 0 Å². The van der Waals surface area contributed by atoms with Crippen molar-refractivity contribution in [2.24, 2.45) is 4.99 Å². The lowest BCUT2D eigenvalue weighted by Crippen LogP contribution is -2.14. The fourth-order valence-electron chi connectivity index (χ4n) is 0.323. The van der Waals surface area contributed by atoms with Gasteiger partial charge >= 0.3 is 0 Å². The summed E-state index contributed by atoms with van der Waals surface area (Å²) in [6.45, 7) is 6.03. The maximum absolute atomic E-state index is 9.82. The zero-order chi connectivity index (χ0) is 7.33. The number of hydrogen-bond acceptors (Lipinski definition) is 2. The van der Waals surface area contributed by atoms with Crippen LogP contribution in [0.1, 0.15) is 27.2 Å². The molecule has 0 rings (SSSR count). The summed E-state index contributed by atoms with van der Waals surface area (Å²) in [5.41, 5.74) is -0.0685. The molecule has 0 bridgehead atoms. The highest BCUT2D eigenvalue weighted by molar-refractivity contribution is 6.12. The lowest BCUT2D eigenvalue weighted by molar-refractivity contribution is -0.102. The second kappa shape index (κ2) is 3.38. The minimum absolute atomic E-state index is 0.0685. The Balaban J connectivity index is 3.84. The average molecular weight is 127 g/mol. The first-order valence-electron chi connectivity index (χ1n) is 3.11. The molecule has 2 nitrogen and oxygen atoms in total. The maximum atomic E-state index is 9.82. The molecule has 0 aliphatic rings. The zero-order valence-electron chi connectivity index (χ0n) is 6.22. The lowest BCUT2D eigenvalue weighted by atomic mass is 10.0. The van der Waals surface area contributed by atoms with Crippen molar-refractivity contribution in [3.8, 4) is 0 Å². The topological polar surface area (TPSA) is 29.4 Å². The van der Waals surface area contributed by atoms with Gasteiger partial charge in [-0.15, -0.1) is 0 Å². The van der Waals surface area contributed by atoms with Crippen LogP contribution in [0.2, 0.25) is 0 Å². The van der Waals surface area contributed by atoms with E-state index in [4.69, 9.17) is 0 Å². The standard InChI is InChI=1S/C7H13NO/c1-4-7(2,3)8-5-6-9/h5-6H,4H2,1-3H3. The van der Waals surface area contributed by atoms with E-state index in [1.165, 1.54) is 6.21 Å². The highest BCUT2D eigenvalue weighted by Gasteiger charge is 2.09. The summed E-state index contributed by atoms with van der Waals surface area (Å²) in [7, 11) is 0. The molecule has 52 valence electrons. The number of aliphatic imine (C=N–C) groups is 1. The van der Waals surface area contributed by atoms with Crippen LogP contribution in [-0.4, -0.2) is 18.0 Å². The third-order valence-corrected chi connectivity index (χ3v) is 1.35. The third-order valence-electron chi connectivity index (χ3n) is 1.35. The average Bonchev–Trinajstić information content (AvgIpc) is 1.84. The Kier molecular flexibility index (Phi) is 3.13. The quantitative estimate of drug-likeness (QED) is 0.416. The van der Waals surface area contributed by atoms with Crippen molar-refractivity contribution in [1.82, 2.24) is 0 Å². The van der Waals surface area contributed by atoms with Crippen LogP contribution in [0.3, 0.4) is 0 Å². The van der Waals surface area contributed by atoms with Gasteiger partial charge in [0, 0.05) is 0 Å². The van der Waals surface area contributed by atoms with Crippen molar-refractivity contribution in [3.05, 3.63) is 0 Å². The van der Waals surface area contributed by atoms with Gasteiger partial charge in [0.2, 0.25) is 0 Å². The Labute approximate surface area is 56.0 Å². The Bertz CT molecular complexity index is 116. The van der Waals surface area contributed by atoms with E-state index in [2.05, 4.69) is 4.99 Å². The Morgan fingerprint density at radius 2 is 2.11 bits per heavy atom. The predicted octanol–water partition coefficient (Wildman–Crippen LogP) is 1.44. The van der Waals surface area contributed by atoms with Crippen LogP contribution in [-0.2, 0) is 4.79 Å². The Morgan fingerprint density at radius 3 is 2.44 bits per heavy atom. The molecular weight excluding hydrogens is 114 g/mol. The number of carbonyl (C=O) groups is 1. The monoisotopic (exact) mass is 127 g/mol. The Hall–Kier alpha value is -0.660. The van der Waals surface area contributed by atoms with Crippen molar-refractivity contribution in [2.45, 2.75) is 32.7 Å². The van der Waals surface area contributed by atoms with Gasteiger partial charge in [0.25, 0.3) is 0 Å². The molecule has 0 heterocycles. The normalized spacial score (nSPS) is 12.3. The number of nitrogens with zero attached hydrogens (tertiary/aromatic N) is 1. The summed E-state index contributed by atoms with van der Waals surface area (Å²) in [6, 6.07) is 0. The van der Waals surface area contributed by atoms with E-state index in [0.717, 1.165) is 6.42 Å². The molecule has 0 saturated carbocycles. The van der Waals surface area contributed by atoms with Gasteiger partial charge in [-0.2, -0.15) is 0 Å². The van der Waals surface area contributed by atoms with Gasteiger partial charge in [-0.1, -0.05) is 6.92 Å². The Morgan fingerprint density at radius 1 is 1.56 bits per heavy atom. The second-order valence-electron chi connectivity index (χ2n) is 2.58. The fraction of sp³-hybridized carbons (Fsp3) is 0.714. The molecule has 0 aromatic rings. The zero-order valence-corrected chi connectivity index (χ0v) is 6.22. The summed E-state index contributed by atoms with van der Waals surface area (Å²) in [5, 5.41) is 0. The smallest absolute Gasteiger partial charge is 0.160 e. The molecule has 0 aliphatic carbocycles. The van der Waals surface area contributed by atoms with E-state index >= 15 is 0 Å². The van der Waals surface area contributed by atoms with E-state index < -0.39 is 0 Å². The minimum Gasteiger partial charge on any atom is -0.297 e. The van der Waals surface area contributed by atoms with Crippen LogP contribution in [0.5, 0.6) is 0 Å². The molecule has 0 unspecified atom stereocenters. The molecule has 9 heavy (non-hydrogen) atoms. The summed E-state index contributed by atoms with van der Waals surface area (Å²) in [6.07, 6.45) is 2.97. The molecule has 0 aromatic heterocycles. The van der Waals surface area contributed by atoms with E-state index in [-0.39, 0.29) is 5.54 Å². The van der Waals surface area contributed by atoms with Gasteiger partial charge in [0.15, 0.2) is 6.29 Å². The first-order valence-corrected chi connectivity index (χ1v) is 3.11. The fourth-order valence-corrected chi connectivity index (χ4v) is 0.323. The molecular formula is C7H13NO. The molecule has 0 aliphatic heterocycles. The van der Waals surface area contributed by atoms with E-state index in [0.29, 0.717) is 6.29 Å². The van der Waals surface area contributed by atoms with E-state index in [9.17, 15) is 4.79 Å². The van der Waals surface area contributed by atoms with Gasteiger partial charge in [0.05, 0.1) is 11.8 Å². The van der Waals surface area contributed by atoms with Crippen LogP contribution in [0.25, 0.3) is 0 Å². The van der Waals surface area contributed by atoms with Crippen LogP contribution in [0.15, 0.2) is 4.99 Å². The lowest BCUT2D eigenvalue weighted by Gasteiger charge is -2.14. The minimum atomic E-state index is -0.0685. The number of carbonyl (C=O) groups excluding carboxylic acids is 1. The number of hydrogen-bond donors (Lipinski definition) is 0. The molecule has 2 heteroatoms. The van der Waals surface area contributed by atoms with Gasteiger partial charge < -0.3 is 0 Å². The molecule has 0 saturated heterocycles. The van der Waals surface area contributed by atoms with Gasteiger partial charge in [0.1, 0.15) is 0 Å².